The van der Waals surface area contributed by atoms with Crippen molar-refractivity contribution >= 4 is 17.7 Å². The van der Waals surface area contributed by atoms with E-state index in [0.717, 1.165) is 0 Å². The molecule has 0 saturated carbocycles. The van der Waals surface area contributed by atoms with Crippen molar-refractivity contribution in [3.05, 3.63) is 59.2 Å². The average molecular weight is 395 g/mol. The minimum Gasteiger partial charge on any atom is -0.485 e. The molecule has 2 aromatic carbocycles. The maximum atomic E-state index is 12.6. The number of carbonyl (C=O) groups excluding carboxylic acids is 1. The fourth-order valence-electron chi connectivity index (χ4n) is 3.27. The van der Waals surface area contributed by atoms with E-state index in [0.29, 0.717) is 28.1 Å². The zero-order chi connectivity index (χ0) is 21.2. The smallest absolute Gasteiger partial charge is 0.319 e. The van der Waals surface area contributed by atoms with Gasteiger partial charge in [0.1, 0.15) is 17.5 Å². The van der Waals surface area contributed by atoms with Crippen molar-refractivity contribution in [2.75, 3.05) is 5.32 Å². The van der Waals surface area contributed by atoms with Crippen LogP contribution in [0, 0.1) is 11.3 Å². The van der Waals surface area contributed by atoms with Gasteiger partial charge in [0.15, 0.2) is 0 Å². The van der Waals surface area contributed by atoms with E-state index in [9.17, 15) is 14.7 Å². The molecule has 8 nitrogen and oxygen atoms in total. The number of fused-ring (bicyclic) bond motifs is 1. The molecule has 3 rings (SSSR count). The topological polar surface area (TPSA) is 132 Å². The van der Waals surface area contributed by atoms with Crippen LogP contribution in [0.15, 0.2) is 42.5 Å². The van der Waals surface area contributed by atoms with E-state index < -0.39 is 29.7 Å². The molecule has 2 amide bonds. The first-order valence-electron chi connectivity index (χ1n) is 8.99. The molecule has 2 atom stereocenters. The number of anilines is 1. The number of benzene rings is 2. The number of hydrogen-bond donors (Lipinski definition) is 4. The molecule has 150 valence electrons. The van der Waals surface area contributed by atoms with Gasteiger partial charge in [-0.1, -0.05) is 12.1 Å². The van der Waals surface area contributed by atoms with E-state index in [1.807, 2.05) is 6.07 Å². The Labute approximate surface area is 167 Å². The SMILES string of the molecule is CC1(C)Oc2ccc(C#N)cc2[C@@H](NC(=O)Nc2cccc(CC(=O)O)c2)[C@@H]1O. The molecule has 2 aromatic rings. The number of rotatable bonds is 4. The van der Waals surface area contributed by atoms with Crippen LogP contribution in [0.5, 0.6) is 5.75 Å². The van der Waals surface area contributed by atoms with Crippen LogP contribution in [0.2, 0.25) is 0 Å². The maximum Gasteiger partial charge on any atom is 0.319 e. The molecule has 4 N–H and O–H groups in total. The second kappa shape index (κ2) is 7.81. The van der Waals surface area contributed by atoms with Crippen molar-refractivity contribution in [1.29, 1.82) is 5.26 Å². The van der Waals surface area contributed by atoms with E-state index in [1.54, 1.807) is 56.3 Å². The predicted molar refractivity (Wildman–Crippen MR) is 105 cm³/mol. The number of carbonyl (C=O) groups is 2. The van der Waals surface area contributed by atoms with Gasteiger partial charge in [-0.25, -0.2) is 4.79 Å². The maximum absolute atomic E-state index is 12.6. The highest BCUT2D eigenvalue weighted by Gasteiger charge is 2.43. The van der Waals surface area contributed by atoms with Gasteiger partial charge in [-0.05, 0) is 49.7 Å². The fourth-order valence-corrected chi connectivity index (χ4v) is 3.27. The molecule has 29 heavy (non-hydrogen) atoms. The van der Waals surface area contributed by atoms with Gasteiger partial charge in [-0.3, -0.25) is 4.79 Å². The summed E-state index contributed by atoms with van der Waals surface area (Å²) in [7, 11) is 0. The summed E-state index contributed by atoms with van der Waals surface area (Å²) >= 11 is 0. The molecule has 0 unspecified atom stereocenters. The van der Waals surface area contributed by atoms with Gasteiger partial charge in [-0.15, -0.1) is 0 Å². The number of aliphatic hydroxyl groups is 1. The van der Waals surface area contributed by atoms with Crippen molar-refractivity contribution in [3.8, 4) is 11.8 Å². The van der Waals surface area contributed by atoms with Crippen molar-refractivity contribution in [1.82, 2.24) is 5.32 Å². The molecule has 0 spiro atoms. The number of carboxylic acid groups (broad SMARTS) is 1. The Bertz CT molecular complexity index is 996. The highest BCUT2D eigenvalue weighted by Crippen LogP contribution is 2.40. The third-order valence-electron chi connectivity index (χ3n) is 4.70. The lowest BCUT2D eigenvalue weighted by atomic mass is 9.86. The molecule has 0 saturated heterocycles. The lowest BCUT2D eigenvalue weighted by Gasteiger charge is -2.42. The minimum absolute atomic E-state index is 0.158. The van der Waals surface area contributed by atoms with Crippen LogP contribution in [0.25, 0.3) is 0 Å². The summed E-state index contributed by atoms with van der Waals surface area (Å²) in [5.41, 5.74) is 0.902. The van der Waals surface area contributed by atoms with Crippen LogP contribution < -0.4 is 15.4 Å². The van der Waals surface area contributed by atoms with E-state index >= 15 is 0 Å². The highest BCUT2D eigenvalue weighted by atomic mass is 16.5. The number of amides is 2. The molecule has 0 fully saturated rings. The molecule has 0 aliphatic carbocycles. The van der Waals surface area contributed by atoms with Gasteiger partial charge >= 0.3 is 12.0 Å². The minimum atomic E-state index is -1.06. The monoisotopic (exact) mass is 395 g/mol. The number of hydrogen-bond acceptors (Lipinski definition) is 5. The molecule has 0 aromatic heterocycles. The lowest BCUT2D eigenvalue weighted by Crippen LogP contribution is -2.54. The lowest BCUT2D eigenvalue weighted by molar-refractivity contribution is -0.136. The summed E-state index contributed by atoms with van der Waals surface area (Å²) in [5, 5.41) is 34.2. The highest BCUT2D eigenvalue weighted by molar-refractivity contribution is 5.90. The molecular formula is C21H21N3O5. The number of aliphatic carboxylic acids is 1. The van der Waals surface area contributed by atoms with Crippen LogP contribution in [0.4, 0.5) is 10.5 Å². The van der Waals surface area contributed by atoms with E-state index in [4.69, 9.17) is 15.1 Å². The van der Waals surface area contributed by atoms with Gasteiger partial charge in [0.2, 0.25) is 0 Å². The first kappa shape index (κ1) is 20.2. The Morgan fingerprint density at radius 1 is 1.24 bits per heavy atom. The largest absolute Gasteiger partial charge is 0.485 e. The fraction of sp³-hybridized carbons (Fsp3) is 0.286. The van der Waals surface area contributed by atoms with Crippen LogP contribution in [0.1, 0.15) is 36.6 Å². The standard InChI is InChI=1S/C21H21N3O5/c1-21(2)19(27)18(15-9-13(11-22)6-7-16(15)29-21)24-20(28)23-14-5-3-4-12(8-14)10-17(25)26/h3-9,18-19,27H,10H2,1-2H3,(H,25,26)(H2,23,24,28)/t18-,19+/m1/s1. The first-order valence-corrected chi connectivity index (χ1v) is 8.99. The Morgan fingerprint density at radius 2 is 2.00 bits per heavy atom. The van der Waals surface area contributed by atoms with Crippen molar-refractivity contribution in [3.63, 3.8) is 0 Å². The van der Waals surface area contributed by atoms with Crippen LogP contribution in [-0.4, -0.2) is 33.9 Å². The van der Waals surface area contributed by atoms with Crippen molar-refractivity contribution in [2.24, 2.45) is 0 Å². The zero-order valence-electron chi connectivity index (χ0n) is 16.0. The van der Waals surface area contributed by atoms with Gasteiger partial charge < -0.3 is 25.6 Å². The number of aliphatic hydroxyl groups excluding tert-OH is 1. The summed E-state index contributed by atoms with van der Waals surface area (Å²) < 4.78 is 5.83. The third-order valence-corrected chi connectivity index (χ3v) is 4.70. The van der Waals surface area contributed by atoms with Crippen LogP contribution in [0.3, 0.4) is 0 Å². The summed E-state index contributed by atoms with van der Waals surface area (Å²) in [4.78, 5) is 23.4. The van der Waals surface area contributed by atoms with Crippen LogP contribution >= 0.6 is 0 Å². The van der Waals surface area contributed by atoms with E-state index in [2.05, 4.69) is 10.6 Å². The second-order valence-corrected chi connectivity index (χ2v) is 7.36. The molecule has 1 heterocycles. The normalized spacial score (nSPS) is 19.2. The van der Waals surface area contributed by atoms with Gasteiger partial charge in [0, 0.05) is 11.3 Å². The van der Waals surface area contributed by atoms with Crippen LogP contribution in [-0.2, 0) is 11.2 Å². The average Bonchev–Trinajstić information content (AvgIpc) is 2.64. The molecule has 1 aliphatic heterocycles. The second-order valence-electron chi connectivity index (χ2n) is 7.36. The third kappa shape index (κ3) is 4.47. The summed E-state index contributed by atoms with van der Waals surface area (Å²) in [6.07, 6.45) is -1.22. The Hall–Kier alpha value is -3.57. The zero-order valence-corrected chi connectivity index (χ0v) is 16.0. The summed E-state index contributed by atoms with van der Waals surface area (Å²) in [6.45, 7) is 3.42. The number of nitrogens with zero attached hydrogens (tertiary/aromatic N) is 1. The number of nitriles is 1. The summed E-state index contributed by atoms with van der Waals surface area (Å²) in [5.74, 6) is -0.489. The quantitative estimate of drug-likeness (QED) is 0.629. The van der Waals surface area contributed by atoms with Gasteiger partial charge in [0.25, 0.3) is 0 Å². The molecule has 8 heteroatoms. The van der Waals surface area contributed by atoms with E-state index in [1.165, 1.54) is 0 Å². The molecular weight excluding hydrogens is 374 g/mol. The number of carboxylic acids is 1. The molecule has 0 radical (unpaired) electrons. The van der Waals surface area contributed by atoms with Crippen molar-refractivity contribution in [2.45, 2.75) is 38.0 Å². The van der Waals surface area contributed by atoms with E-state index in [-0.39, 0.29) is 6.42 Å². The number of ether oxygens (including phenoxy) is 1. The van der Waals surface area contributed by atoms with Gasteiger partial charge in [0.05, 0.1) is 24.1 Å². The number of urea groups is 1. The summed E-state index contributed by atoms with van der Waals surface area (Å²) in [6, 6.07) is 12.0. The van der Waals surface area contributed by atoms with Gasteiger partial charge in [-0.2, -0.15) is 5.26 Å². The Balaban J connectivity index is 1.82. The Kier molecular flexibility index (Phi) is 5.43. The number of nitrogens with one attached hydrogen (secondary N) is 2. The predicted octanol–water partition coefficient (Wildman–Crippen LogP) is 2.58. The first-order chi connectivity index (χ1) is 13.7. The molecule has 0 bridgehead atoms. The molecule has 1 aliphatic rings. The Morgan fingerprint density at radius 3 is 2.69 bits per heavy atom. The van der Waals surface area contributed by atoms with Crippen molar-refractivity contribution < 1.29 is 24.5 Å².